The zero-order valence-corrected chi connectivity index (χ0v) is 19.1. The highest BCUT2D eigenvalue weighted by molar-refractivity contribution is 7.89. The number of nitrogens with zero attached hydrogens (tertiary/aromatic N) is 2. The van der Waals surface area contributed by atoms with E-state index in [9.17, 15) is 13.2 Å². The average molecular weight is 447 g/mol. The number of hydrogen-bond donors (Lipinski definition) is 0. The summed E-state index contributed by atoms with van der Waals surface area (Å²) in [5.41, 5.74) is 2.48. The fourth-order valence-electron chi connectivity index (χ4n) is 5.97. The first kappa shape index (κ1) is 21.4. The van der Waals surface area contributed by atoms with E-state index in [1.165, 1.54) is 24.0 Å². The molecule has 6 nitrogen and oxygen atoms in total. The van der Waals surface area contributed by atoms with E-state index in [1.54, 1.807) is 10.4 Å². The Labute approximate surface area is 186 Å². The van der Waals surface area contributed by atoms with Crippen molar-refractivity contribution in [1.29, 1.82) is 0 Å². The number of aryl methyl sites for hydroxylation is 2. The second-order valence-electron chi connectivity index (χ2n) is 9.61. The fourth-order valence-corrected chi connectivity index (χ4v) is 7.49. The number of amides is 1. The van der Waals surface area contributed by atoms with Crippen molar-refractivity contribution in [2.45, 2.75) is 81.2 Å². The standard InChI is InChI=1S/C24H34N2O4S/c27-24(26-15-16-30-23-8-4-3-7-22(23)26)19-11-13-25(14-12-19)31(28,29)21-10-9-18-5-1-2-6-20(18)17-21/h9-10,17,19,22-23H,1-8,11-16H2. The van der Waals surface area contributed by atoms with Crippen molar-refractivity contribution < 1.29 is 17.9 Å². The number of fused-ring (bicyclic) bond motifs is 2. The zero-order chi connectivity index (χ0) is 21.4. The van der Waals surface area contributed by atoms with E-state index in [0.717, 1.165) is 38.5 Å². The minimum absolute atomic E-state index is 0.0735. The van der Waals surface area contributed by atoms with Gasteiger partial charge in [0, 0.05) is 25.6 Å². The number of carbonyl (C=O) groups is 1. The van der Waals surface area contributed by atoms with E-state index in [2.05, 4.69) is 4.90 Å². The molecule has 1 amide bonds. The van der Waals surface area contributed by atoms with E-state index in [-0.39, 0.29) is 24.0 Å². The van der Waals surface area contributed by atoms with Crippen molar-refractivity contribution in [1.82, 2.24) is 9.21 Å². The van der Waals surface area contributed by atoms with Gasteiger partial charge in [0.25, 0.3) is 0 Å². The van der Waals surface area contributed by atoms with Gasteiger partial charge in [0.15, 0.2) is 0 Å². The summed E-state index contributed by atoms with van der Waals surface area (Å²) < 4.78 is 34.0. The third-order valence-electron chi connectivity index (χ3n) is 7.78. The van der Waals surface area contributed by atoms with Gasteiger partial charge in [-0.1, -0.05) is 18.9 Å². The predicted molar refractivity (Wildman–Crippen MR) is 118 cm³/mol. The van der Waals surface area contributed by atoms with Gasteiger partial charge in [-0.15, -0.1) is 0 Å². The van der Waals surface area contributed by atoms with Gasteiger partial charge in [0.2, 0.25) is 15.9 Å². The lowest BCUT2D eigenvalue weighted by Gasteiger charge is -2.45. The van der Waals surface area contributed by atoms with Crippen molar-refractivity contribution >= 4 is 15.9 Å². The number of morpholine rings is 1. The maximum Gasteiger partial charge on any atom is 0.243 e. The quantitative estimate of drug-likeness (QED) is 0.715. The highest BCUT2D eigenvalue weighted by Crippen LogP contribution is 2.32. The summed E-state index contributed by atoms with van der Waals surface area (Å²) in [5.74, 6) is 0.140. The summed E-state index contributed by atoms with van der Waals surface area (Å²) in [5, 5.41) is 0. The van der Waals surface area contributed by atoms with E-state index in [4.69, 9.17) is 4.74 Å². The molecule has 2 aliphatic heterocycles. The minimum Gasteiger partial charge on any atom is -0.374 e. The number of sulfonamides is 1. The summed E-state index contributed by atoms with van der Waals surface area (Å²) in [6.45, 7) is 2.15. The van der Waals surface area contributed by atoms with Crippen LogP contribution in [-0.4, -0.2) is 61.9 Å². The number of benzene rings is 1. The van der Waals surface area contributed by atoms with Crippen molar-refractivity contribution in [3.05, 3.63) is 29.3 Å². The molecule has 1 aromatic carbocycles. The third kappa shape index (κ3) is 4.16. The van der Waals surface area contributed by atoms with Crippen LogP contribution in [0.4, 0.5) is 0 Å². The molecule has 2 aliphatic carbocycles. The van der Waals surface area contributed by atoms with Gasteiger partial charge in [0.1, 0.15) is 0 Å². The Morgan fingerprint density at radius 1 is 0.903 bits per heavy atom. The normalized spacial score (nSPS) is 28.1. The molecule has 2 saturated heterocycles. The molecule has 2 atom stereocenters. The maximum atomic E-state index is 13.3. The van der Waals surface area contributed by atoms with E-state index in [0.29, 0.717) is 44.0 Å². The molecule has 2 unspecified atom stereocenters. The number of carbonyl (C=O) groups excluding carboxylic acids is 1. The molecule has 31 heavy (non-hydrogen) atoms. The topological polar surface area (TPSA) is 66.9 Å². The third-order valence-corrected chi connectivity index (χ3v) is 9.67. The second kappa shape index (κ2) is 8.83. The lowest BCUT2D eigenvalue weighted by Crippen LogP contribution is -2.57. The monoisotopic (exact) mass is 446 g/mol. The Kier molecular flexibility index (Phi) is 6.10. The molecule has 4 aliphatic rings. The molecule has 5 rings (SSSR count). The average Bonchev–Trinajstić information content (AvgIpc) is 2.83. The molecular weight excluding hydrogens is 412 g/mol. The molecule has 0 aromatic heterocycles. The van der Waals surface area contributed by atoms with Gasteiger partial charge in [-0.05, 0) is 74.6 Å². The van der Waals surface area contributed by atoms with E-state index < -0.39 is 10.0 Å². The minimum atomic E-state index is -3.50. The Hall–Kier alpha value is -1.44. The van der Waals surface area contributed by atoms with Crippen LogP contribution in [0.5, 0.6) is 0 Å². The Bertz CT molecular complexity index is 922. The molecule has 3 fully saturated rings. The largest absolute Gasteiger partial charge is 0.374 e. The summed E-state index contributed by atoms with van der Waals surface area (Å²) >= 11 is 0. The fraction of sp³-hybridized carbons (Fsp3) is 0.708. The molecule has 7 heteroatoms. The summed E-state index contributed by atoms with van der Waals surface area (Å²) in [7, 11) is -3.50. The highest BCUT2D eigenvalue weighted by atomic mass is 32.2. The molecular formula is C24H34N2O4S. The molecule has 0 spiro atoms. The number of rotatable bonds is 3. The molecule has 2 heterocycles. The van der Waals surface area contributed by atoms with Crippen molar-refractivity contribution in [2.75, 3.05) is 26.2 Å². The predicted octanol–water partition coefficient (Wildman–Crippen LogP) is 3.14. The summed E-state index contributed by atoms with van der Waals surface area (Å²) in [4.78, 5) is 15.8. The molecule has 0 bridgehead atoms. The van der Waals surface area contributed by atoms with Crippen LogP contribution in [0, 0.1) is 5.92 Å². The van der Waals surface area contributed by atoms with Crippen LogP contribution in [0.25, 0.3) is 0 Å². The number of piperidine rings is 1. The number of ether oxygens (including phenoxy) is 1. The smallest absolute Gasteiger partial charge is 0.243 e. The molecule has 170 valence electrons. The van der Waals surface area contributed by atoms with Crippen LogP contribution in [0.3, 0.4) is 0 Å². The lowest BCUT2D eigenvalue weighted by molar-refractivity contribution is -0.154. The van der Waals surface area contributed by atoms with Gasteiger partial charge in [-0.2, -0.15) is 4.31 Å². The Morgan fingerprint density at radius 3 is 2.45 bits per heavy atom. The van der Waals surface area contributed by atoms with Crippen molar-refractivity contribution in [2.24, 2.45) is 5.92 Å². The van der Waals surface area contributed by atoms with Crippen molar-refractivity contribution in [3.8, 4) is 0 Å². The van der Waals surface area contributed by atoms with Gasteiger partial charge in [-0.3, -0.25) is 4.79 Å². The van der Waals surface area contributed by atoms with Gasteiger partial charge < -0.3 is 9.64 Å². The Balaban J connectivity index is 1.24. The van der Waals surface area contributed by atoms with Crippen LogP contribution < -0.4 is 0 Å². The first-order valence-electron chi connectivity index (χ1n) is 12.1. The van der Waals surface area contributed by atoms with Crippen LogP contribution in [0.1, 0.15) is 62.5 Å². The summed E-state index contributed by atoms with van der Waals surface area (Å²) in [6.07, 6.45) is 10.2. The van der Waals surface area contributed by atoms with Crippen LogP contribution >= 0.6 is 0 Å². The molecule has 1 aromatic rings. The van der Waals surface area contributed by atoms with Gasteiger partial charge in [0.05, 0.1) is 23.6 Å². The molecule has 1 saturated carbocycles. The van der Waals surface area contributed by atoms with Crippen LogP contribution in [0.2, 0.25) is 0 Å². The van der Waals surface area contributed by atoms with Gasteiger partial charge >= 0.3 is 0 Å². The Morgan fingerprint density at radius 2 is 1.65 bits per heavy atom. The first-order chi connectivity index (χ1) is 15.0. The molecule has 0 radical (unpaired) electrons. The first-order valence-corrected chi connectivity index (χ1v) is 13.5. The van der Waals surface area contributed by atoms with E-state index >= 15 is 0 Å². The zero-order valence-electron chi connectivity index (χ0n) is 18.3. The molecule has 0 N–H and O–H groups in total. The summed E-state index contributed by atoms with van der Waals surface area (Å²) in [6, 6.07) is 5.87. The van der Waals surface area contributed by atoms with Crippen LogP contribution in [0.15, 0.2) is 23.1 Å². The van der Waals surface area contributed by atoms with Gasteiger partial charge in [-0.25, -0.2) is 8.42 Å². The van der Waals surface area contributed by atoms with Crippen LogP contribution in [-0.2, 0) is 32.4 Å². The van der Waals surface area contributed by atoms with Crippen molar-refractivity contribution in [3.63, 3.8) is 0 Å². The van der Waals surface area contributed by atoms with E-state index in [1.807, 2.05) is 12.1 Å². The second-order valence-corrected chi connectivity index (χ2v) is 11.5. The SMILES string of the molecule is O=C(C1CCN(S(=O)(=O)c2ccc3c(c2)CCCC3)CC1)N1CCOC2CCCCC21. The maximum absolute atomic E-state index is 13.3. The number of hydrogen-bond acceptors (Lipinski definition) is 4. The highest BCUT2D eigenvalue weighted by Gasteiger charge is 2.40. The lowest BCUT2D eigenvalue weighted by atomic mass is 9.88.